The zero-order chi connectivity index (χ0) is 18.3. The molecule has 3 aromatic rings. The van der Waals surface area contributed by atoms with E-state index in [0.717, 1.165) is 30.2 Å². The molecule has 0 spiro atoms. The maximum atomic E-state index is 13.1. The summed E-state index contributed by atoms with van der Waals surface area (Å²) in [5.41, 5.74) is 4.55. The molecule has 7 heteroatoms. The lowest BCUT2D eigenvalue weighted by Crippen LogP contribution is -2.49. The SMILES string of the molecule is Cc1cc(N2CCN(C(=O)c3c(C)nc4ncccn34)CC2)cc(C)n1. The van der Waals surface area contributed by atoms with Crippen LogP contribution >= 0.6 is 0 Å². The summed E-state index contributed by atoms with van der Waals surface area (Å²) in [6.07, 6.45) is 3.53. The van der Waals surface area contributed by atoms with Gasteiger partial charge in [-0.25, -0.2) is 9.97 Å². The van der Waals surface area contributed by atoms with Crippen molar-refractivity contribution in [3.05, 3.63) is 53.4 Å². The van der Waals surface area contributed by atoms with Crippen LogP contribution in [0.4, 0.5) is 5.69 Å². The van der Waals surface area contributed by atoms with Crippen molar-refractivity contribution in [1.29, 1.82) is 0 Å². The van der Waals surface area contributed by atoms with Crippen LogP contribution in [0.15, 0.2) is 30.6 Å². The summed E-state index contributed by atoms with van der Waals surface area (Å²) < 4.78 is 1.78. The van der Waals surface area contributed by atoms with Gasteiger partial charge in [0, 0.05) is 55.6 Å². The predicted octanol–water partition coefficient (Wildman–Crippen LogP) is 2.01. The third kappa shape index (κ3) is 2.89. The quantitative estimate of drug-likeness (QED) is 0.707. The fourth-order valence-corrected chi connectivity index (χ4v) is 3.57. The van der Waals surface area contributed by atoms with E-state index in [0.29, 0.717) is 24.6 Å². The number of imidazole rings is 1. The van der Waals surface area contributed by atoms with Crippen molar-refractivity contribution in [3.8, 4) is 0 Å². The van der Waals surface area contributed by atoms with Gasteiger partial charge in [0.1, 0.15) is 5.69 Å². The Balaban J connectivity index is 1.52. The van der Waals surface area contributed by atoms with Crippen LogP contribution in [0.25, 0.3) is 5.78 Å². The topological polar surface area (TPSA) is 66.6 Å². The van der Waals surface area contributed by atoms with Crippen molar-refractivity contribution in [3.63, 3.8) is 0 Å². The summed E-state index contributed by atoms with van der Waals surface area (Å²) in [4.78, 5) is 30.3. The number of aryl methyl sites for hydroxylation is 3. The van der Waals surface area contributed by atoms with Gasteiger partial charge in [-0.1, -0.05) is 0 Å². The number of carbonyl (C=O) groups excluding carboxylic acids is 1. The van der Waals surface area contributed by atoms with E-state index in [-0.39, 0.29) is 5.91 Å². The van der Waals surface area contributed by atoms with E-state index in [1.54, 1.807) is 10.6 Å². The highest BCUT2D eigenvalue weighted by Gasteiger charge is 2.26. The minimum absolute atomic E-state index is 0.0183. The standard InChI is InChI=1S/C19H22N6O/c1-13-11-16(12-14(2)21-13)23-7-9-24(10-8-23)18(26)17-15(3)22-19-20-5-4-6-25(17)19/h4-6,11-12H,7-10H2,1-3H3. The van der Waals surface area contributed by atoms with Gasteiger partial charge >= 0.3 is 0 Å². The van der Waals surface area contributed by atoms with Crippen LogP contribution in [0.1, 0.15) is 27.6 Å². The van der Waals surface area contributed by atoms with Crippen LogP contribution in [0, 0.1) is 20.8 Å². The monoisotopic (exact) mass is 350 g/mol. The Bertz CT molecular complexity index is 951. The van der Waals surface area contributed by atoms with Gasteiger partial charge in [-0.2, -0.15) is 0 Å². The third-order valence-corrected chi connectivity index (χ3v) is 4.78. The minimum Gasteiger partial charge on any atom is -0.368 e. The van der Waals surface area contributed by atoms with E-state index in [4.69, 9.17) is 0 Å². The van der Waals surface area contributed by atoms with Crippen molar-refractivity contribution in [2.45, 2.75) is 20.8 Å². The largest absolute Gasteiger partial charge is 0.368 e. The Labute approximate surface area is 152 Å². The van der Waals surface area contributed by atoms with Crippen molar-refractivity contribution in [2.75, 3.05) is 31.1 Å². The molecule has 134 valence electrons. The first kappa shape index (κ1) is 16.5. The zero-order valence-corrected chi connectivity index (χ0v) is 15.3. The van der Waals surface area contributed by atoms with Gasteiger partial charge in [-0.3, -0.25) is 14.2 Å². The Morgan fingerprint density at radius 1 is 1.00 bits per heavy atom. The van der Waals surface area contributed by atoms with Crippen LogP contribution in [0.5, 0.6) is 0 Å². The first-order valence-corrected chi connectivity index (χ1v) is 8.82. The Morgan fingerprint density at radius 3 is 2.38 bits per heavy atom. The van der Waals surface area contributed by atoms with Crippen molar-refractivity contribution >= 4 is 17.4 Å². The number of amides is 1. The third-order valence-electron chi connectivity index (χ3n) is 4.78. The van der Waals surface area contributed by atoms with E-state index in [9.17, 15) is 4.79 Å². The van der Waals surface area contributed by atoms with E-state index < -0.39 is 0 Å². The smallest absolute Gasteiger partial charge is 0.272 e. The van der Waals surface area contributed by atoms with Crippen LogP contribution in [-0.4, -0.2) is 56.3 Å². The van der Waals surface area contributed by atoms with Crippen LogP contribution < -0.4 is 4.90 Å². The van der Waals surface area contributed by atoms with Gasteiger partial charge in [-0.15, -0.1) is 0 Å². The van der Waals surface area contributed by atoms with Gasteiger partial charge in [0.2, 0.25) is 5.78 Å². The van der Waals surface area contributed by atoms with Gasteiger partial charge in [0.25, 0.3) is 5.91 Å². The fraction of sp³-hybridized carbons (Fsp3) is 0.368. The molecule has 1 aliphatic rings. The number of fused-ring (bicyclic) bond motifs is 1. The lowest BCUT2D eigenvalue weighted by atomic mass is 10.2. The zero-order valence-electron chi connectivity index (χ0n) is 15.3. The fourth-order valence-electron chi connectivity index (χ4n) is 3.57. The molecule has 1 saturated heterocycles. The second-order valence-corrected chi connectivity index (χ2v) is 6.72. The number of hydrogen-bond acceptors (Lipinski definition) is 5. The summed E-state index contributed by atoms with van der Waals surface area (Å²) in [6, 6.07) is 6.02. The molecule has 0 aromatic carbocycles. The summed E-state index contributed by atoms with van der Waals surface area (Å²) in [7, 11) is 0. The molecular weight excluding hydrogens is 328 g/mol. The van der Waals surface area contributed by atoms with Crippen LogP contribution in [0.3, 0.4) is 0 Å². The second kappa shape index (κ2) is 6.40. The first-order chi connectivity index (χ1) is 12.5. The number of piperazine rings is 1. The maximum Gasteiger partial charge on any atom is 0.272 e. The molecule has 4 rings (SSSR count). The number of hydrogen-bond donors (Lipinski definition) is 0. The number of aromatic nitrogens is 4. The molecule has 1 aliphatic heterocycles. The average Bonchev–Trinajstić information content (AvgIpc) is 2.96. The molecule has 1 amide bonds. The lowest BCUT2D eigenvalue weighted by Gasteiger charge is -2.36. The normalized spacial score (nSPS) is 14.9. The average molecular weight is 350 g/mol. The molecule has 0 radical (unpaired) electrons. The summed E-state index contributed by atoms with van der Waals surface area (Å²) in [6.45, 7) is 8.88. The van der Waals surface area contributed by atoms with E-state index in [2.05, 4.69) is 32.0 Å². The molecular formula is C19H22N6O. The molecule has 7 nitrogen and oxygen atoms in total. The molecule has 0 N–H and O–H groups in total. The van der Waals surface area contributed by atoms with E-state index in [1.807, 2.05) is 37.9 Å². The molecule has 26 heavy (non-hydrogen) atoms. The van der Waals surface area contributed by atoms with Gasteiger partial charge < -0.3 is 9.80 Å². The maximum absolute atomic E-state index is 13.1. The van der Waals surface area contributed by atoms with Gasteiger partial charge in [0.05, 0.1) is 5.69 Å². The highest BCUT2D eigenvalue weighted by atomic mass is 16.2. The summed E-state index contributed by atoms with van der Waals surface area (Å²) in [5, 5.41) is 0. The minimum atomic E-state index is 0.0183. The highest BCUT2D eigenvalue weighted by Crippen LogP contribution is 2.20. The second-order valence-electron chi connectivity index (χ2n) is 6.72. The molecule has 0 bridgehead atoms. The lowest BCUT2D eigenvalue weighted by molar-refractivity contribution is 0.0739. The van der Waals surface area contributed by atoms with Crippen molar-refractivity contribution < 1.29 is 4.79 Å². The molecule has 0 saturated carbocycles. The number of pyridine rings is 1. The highest BCUT2D eigenvalue weighted by molar-refractivity contribution is 5.94. The van der Waals surface area contributed by atoms with Gasteiger partial charge in [0.15, 0.2) is 0 Å². The first-order valence-electron chi connectivity index (χ1n) is 8.82. The van der Waals surface area contributed by atoms with Crippen LogP contribution in [0.2, 0.25) is 0 Å². The number of carbonyl (C=O) groups is 1. The molecule has 1 fully saturated rings. The van der Waals surface area contributed by atoms with Crippen molar-refractivity contribution in [1.82, 2.24) is 24.3 Å². The Hall–Kier alpha value is -2.96. The van der Waals surface area contributed by atoms with Crippen LogP contribution in [-0.2, 0) is 0 Å². The summed E-state index contributed by atoms with van der Waals surface area (Å²) in [5.74, 6) is 0.583. The molecule has 0 unspecified atom stereocenters. The summed E-state index contributed by atoms with van der Waals surface area (Å²) >= 11 is 0. The Morgan fingerprint density at radius 2 is 1.69 bits per heavy atom. The predicted molar refractivity (Wildman–Crippen MR) is 99.6 cm³/mol. The number of nitrogens with zero attached hydrogens (tertiary/aromatic N) is 6. The molecule has 3 aromatic heterocycles. The number of anilines is 1. The van der Waals surface area contributed by atoms with Crippen molar-refractivity contribution in [2.24, 2.45) is 0 Å². The molecule has 4 heterocycles. The van der Waals surface area contributed by atoms with E-state index >= 15 is 0 Å². The number of rotatable bonds is 2. The molecule has 0 aliphatic carbocycles. The van der Waals surface area contributed by atoms with E-state index in [1.165, 1.54) is 5.69 Å². The van der Waals surface area contributed by atoms with Gasteiger partial charge in [-0.05, 0) is 39.0 Å². The molecule has 0 atom stereocenters. The Kier molecular flexibility index (Phi) is 4.06.